The Balaban J connectivity index is 1.70. The van der Waals surface area contributed by atoms with Gasteiger partial charge >= 0.3 is 0 Å². The molecule has 0 aliphatic heterocycles. The van der Waals surface area contributed by atoms with Crippen molar-refractivity contribution in [3.63, 3.8) is 0 Å². The average molecular weight is 252 g/mol. The number of rotatable bonds is 1. The Labute approximate surface area is 114 Å². The van der Waals surface area contributed by atoms with Crippen molar-refractivity contribution in [3.8, 4) is 0 Å². The van der Waals surface area contributed by atoms with E-state index in [9.17, 15) is 4.79 Å². The highest BCUT2D eigenvalue weighted by atomic mass is 16.1. The van der Waals surface area contributed by atoms with Gasteiger partial charge in [-0.25, -0.2) is 0 Å². The van der Waals surface area contributed by atoms with E-state index in [4.69, 9.17) is 0 Å². The van der Waals surface area contributed by atoms with Gasteiger partial charge in [-0.15, -0.1) is 0 Å². The topological polar surface area (TPSA) is 17.1 Å². The van der Waals surface area contributed by atoms with Crippen molar-refractivity contribution in [1.82, 2.24) is 0 Å². The van der Waals surface area contributed by atoms with Gasteiger partial charge in [0, 0.05) is 12.0 Å². The molecule has 0 heterocycles. The maximum absolute atomic E-state index is 12.4. The fraction of sp³-hybridized carbons (Fsp3) is 0.500. The van der Waals surface area contributed by atoms with Crippen LogP contribution in [0, 0.1) is 11.8 Å². The van der Waals surface area contributed by atoms with E-state index in [-0.39, 0.29) is 0 Å². The molecule has 1 aromatic rings. The zero-order valence-corrected chi connectivity index (χ0v) is 11.3. The fourth-order valence-electron chi connectivity index (χ4n) is 4.44. The highest BCUT2D eigenvalue weighted by Crippen LogP contribution is 2.49. The van der Waals surface area contributed by atoms with Gasteiger partial charge in [0.2, 0.25) is 0 Å². The van der Waals surface area contributed by atoms with Crippen LogP contribution in [0.3, 0.4) is 0 Å². The number of ketones is 1. The summed E-state index contributed by atoms with van der Waals surface area (Å²) in [4.78, 5) is 12.4. The van der Waals surface area contributed by atoms with E-state index in [1.807, 2.05) is 0 Å². The minimum Gasteiger partial charge on any atom is -0.294 e. The minimum absolute atomic E-state index is 0.413. The standard InChI is InChI=1S/C18H20O/c19-17-11-15(12-6-2-1-3-7-12)16-10-13-8-4-5-9-14(13)18(16)17/h4-5,8-9,12,15H,1-3,6-7,10-11H2. The van der Waals surface area contributed by atoms with Gasteiger partial charge in [-0.3, -0.25) is 4.79 Å². The van der Waals surface area contributed by atoms with E-state index >= 15 is 0 Å². The molecule has 0 spiro atoms. The highest BCUT2D eigenvalue weighted by Gasteiger charge is 2.41. The molecule has 19 heavy (non-hydrogen) atoms. The van der Waals surface area contributed by atoms with Crippen LogP contribution in [0.4, 0.5) is 0 Å². The summed E-state index contributed by atoms with van der Waals surface area (Å²) in [6, 6.07) is 8.49. The molecular weight excluding hydrogens is 232 g/mol. The van der Waals surface area contributed by atoms with Gasteiger partial charge in [-0.2, -0.15) is 0 Å². The van der Waals surface area contributed by atoms with Gasteiger partial charge in [0.15, 0.2) is 5.78 Å². The van der Waals surface area contributed by atoms with E-state index in [0.29, 0.717) is 11.7 Å². The molecule has 1 unspecified atom stereocenters. The zero-order chi connectivity index (χ0) is 12.8. The van der Waals surface area contributed by atoms with E-state index in [1.165, 1.54) is 48.8 Å². The number of carbonyl (C=O) groups excluding carboxylic acids is 1. The summed E-state index contributed by atoms with van der Waals surface area (Å²) in [5, 5.41) is 0. The van der Waals surface area contributed by atoms with E-state index in [2.05, 4.69) is 24.3 Å². The molecule has 1 aromatic carbocycles. The normalized spacial score (nSPS) is 26.7. The Morgan fingerprint density at radius 1 is 1.00 bits per heavy atom. The molecule has 1 nitrogen and oxygen atoms in total. The first-order valence-corrected chi connectivity index (χ1v) is 7.69. The lowest BCUT2D eigenvalue weighted by Crippen LogP contribution is -2.19. The van der Waals surface area contributed by atoms with Gasteiger partial charge in [0.1, 0.15) is 0 Å². The molecule has 0 saturated heterocycles. The molecule has 0 amide bonds. The maximum atomic E-state index is 12.4. The van der Waals surface area contributed by atoms with Gasteiger partial charge in [0.05, 0.1) is 0 Å². The first-order chi connectivity index (χ1) is 9.34. The van der Waals surface area contributed by atoms with Crippen LogP contribution in [0.5, 0.6) is 0 Å². The van der Waals surface area contributed by atoms with Crippen LogP contribution in [-0.4, -0.2) is 5.78 Å². The Morgan fingerprint density at radius 2 is 1.79 bits per heavy atom. The lowest BCUT2D eigenvalue weighted by atomic mass is 9.76. The van der Waals surface area contributed by atoms with Gasteiger partial charge in [-0.1, -0.05) is 49.1 Å². The second-order valence-corrected chi connectivity index (χ2v) is 6.37. The van der Waals surface area contributed by atoms with Gasteiger partial charge in [0.25, 0.3) is 0 Å². The van der Waals surface area contributed by atoms with E-state index in [0.717, 1.165) is 24.3 Å². The molecule has 3 aliphatic rings. The average Bonchev–Trinajstić information content (AvgIpc) is 2.98. The van der Waals surface area contributed by atoms with Crippen LogP contribution in [-0.2, 0) is 11.2 Å². The molecule has 0 N–H and O–H groups in total. The molecule has 1 fully saturated rings. The molecule has 98 valence electrons. The molecular formula is C18H20O. The molecule has 4 rings (SSSR count). The molecule has 1 saturated carbocycles. The summed E-state index contributed by atoms with van der Waals surface area (Å²) in [6.07, 6.45) is 8.64. The predicted octanol–water partition coefficient (Wildman–Crippen LogP) is 4.17. The minimum atomic E-state index is 0.413. The molecule has 1 atom stereocenters. The summed E-state index contributed by atoms with van der Waals surface area (Å²) >= 11 is 0. The molecule has 0 aromatic heterocycles. The van der Waals surface area contributed by atoms with Crippen LogP contribution in [0.25, 0.3) is 5.57 Å². The molecule has 0 radical (unpaired) electrons. The summed E-state index contributed by atoms with van der Waals surface area (Å²) < 4.78 is 0. The van der Waals surface area contributed by atoms with Gasteiger partial charge < -0.3 is 0 Å². The van der Waals surface area contributed by atoms with Gasteiger partial charge in [-0.05, 0) is 42.2 Å². The van der Waals surface area contributed by atoms with Crippen LogP contribution in [0.2, 0.25) is 0 Å². The van der Waals surface area contributed by atoms with Crippen molar-refractivity contribution < 1.29 is 4.79 Å². The van der Waals surface area contributed by atoms with Crippen molar-refractivity contribution >= 4 is 11.4 Å². The number of benzene rings is 1. The lowest BCUT2D eigenvalue weighted by molar-refractivity contribution is -0.114. The second kappa shape index (κ2) is 4.33. The summed E-state index contributed by atoms with van der Waals surface area (Å²) in [5.74, 6) is 1.75. The third-order valence-electron chi connectivity index (χ3n) is 5.34. The molecule has 0 bridgehead atoms. The predicted molar refractivity (Wildman–Crippen MR) is 76.8 cm³/mol. The van der Waals surface area contributed by atoms with Crippen molar-refractivity contribution in [1.29, 1.82) is 0 Å². The Kier molecular flexibility index (Phi) is 2.61. The number of allylic oxidation sites excluding steroid dienone is 2. The number of hydrogen-bond acceptors (Lipinski definition) is 1. The summed E-state index contributed by atoms with van der Waals surface area (Å²) in [6.45, 7) is 0. The van der Waals surface area contributed by atoms with Crippen molar-refractivity contribution in [3.05, 3.63) is 41.0 Å². The van der Waals surface area contributed by atoms with E-state index < -0.39 is 0 Å². The smallest absolute Gasteiger partial charge is 0.164 e. The number of Topliss-reactive ketones (excluding diaryl/α,β-unsaturated/α-hetero) is 1. The SMILES string of the molecule is O=C1CC(C2CCCCC2)C2=C1c1ccccc1C2. The highest BCUT2D eigenvalue weighted by molar-refractivity contribution is 6.25. The number of carbonyl (C=O) groups is 1. The Bertz CT molecular complexity index is 561. The first-order valence-electron chi connectivity index (χ1n) is 7.69. The van der Waals surface area contributed by atoms with Crippen LogP contribution < -0.4 is 0 Å². The monoisotopic (exact) mass is 252 g/mol. The second-order valence-electron chi connectivity index (χ2n) is 6.37. The Morgan fingerprint density at radius 3 is 2.63 bits per heavy atom. The fourth-order valence-corrected chi connectivity index (χ4v) is 4.44. The Hall–Kier alpha value is -1.37. The third-order valence-corrected chi connectivity index (χ3v) is 5.34. The van der Waals surface area contributed by atoms with Crippen LogP contribution >= 0.6 is 0 Å². The van der Waals surface area contributed by atoms with Crippen LogP contribution in [0.15, 0.2) is 29.8 Å². The summed E-state index contributed by atoms with van der Waals surface area (Å²) in [7, 11) is 0. The summed E-state index contributed by atoms with van der Waals surface area (Å²) in [5.41, 5.74) is 5.20. The van der Waals surface area contributed by atoms with Crippen LogP contribution in [0.1, 0.15) is 49.7 Å². The largest absolute Gasteiger partial charge is 0.294 e. The maximum Gasteiger partial charge on any atom is 0.164 e. The quantitative estimate of drug-likeness (QED) is 0.733. The van der Waals surface area contributed by atoms with Crippen molar-refractivity contribution in [2.24, 2.45) is 11.8 Å². The van der Waals surface area contributed by atoms with Crippen molar-refractivity contribution in [2.75, 3.05) is 0 Å². The molecule has 3 aliphatic carbocycles. The zero-order valence-electron chi connectivity index (χ0n) is 11.3. The number of hydrogen-bond donors (Lipinski definition) is 0. The number of fused-ring (bicyclic) bond motifs is 2. The third kappa shape index (κ3) is 1.71. The lowest BCUT2D eigenvalue weighted by Gasteiger charge is -2.28. The van der Waals surface area contributed by atoms with E-state index in [1.54, 1.807) is 0 Å². The first kappa shape index (κ1) is 11.5. The van der Waals surface area contributed by atoms with Crippen molar-refractivity contribution in [2.45, 2.75) is 44.9 Å². The molecule has 1 heteroatoms.